The highest BCUT2D eigenvalue weighted by molar-refractivity contribution is 6.32. The normalized spacial score (nSPS) is 19.0. The summed E-state index contributed by atoms with van der Waals surface area (Å²) in [5.74, 6) is 0.0536. The molecule has 1 fully saturated rings. The van der Waals surface area contributed by atoms with Crippen molar-refractivity contribution >= 4 is 11.6 Å². The van der Waals surface area contributed by atoms with E-state index < -0.39 is 0 Å². The molecule has 102 valence electrons. The summed E-state index contributed by atoms with van der Waals surface area (Å²) < 4.78 is 0. The Hall–Kier alpha value is -1.28. The third-order valence-corrected chi connectivity index (χ3v) is 3.93. The Morgan fingerprint density at radius 1 is 1.37 bits per heavy atom. The molecule has 1 atom stereocenters. The first-order chi connectivity index (χ1) is 9.15. The van der Waals surface area contributed by atoms with Gasteiger partial charge < -0.3 is 10.0 Å². The van der Waals surface area contributed by atoms with Crippen LogP contribution in [0.2, 0.25) is 5.02 Å². The molecule has 1 saturated heterocycles. The zero-order chi connectivity index (χ0) is 13.8. The summed E-state index contributed by atoms with van der Waals surface area (Å²) in [4.78, 5) is 4.53. The summed E-state index contributed by atoms with van der Waals surface area (Å²) >= 11 is 5.91. The number of halogens is 1. The first-order valence-corrected chi connectivity index (χ1v) is 6.88. The fourth-order valence-corrected chi connectivity index (χ4v) is 2.59. The number of nitriles is 1. The van der Waals surface area contributed by atoms with E-state index in [2.05, 4.69) is 22.8 Å². The van der Waals surface area contributed by atoms with Crippen LogP contribution in [0.4, 0.5) is 0 Å². The SMILES string of the molecule is CCN1CCN(C(C#N)c2ccc(O)c(Cl)c2)CC1. The number of phenols is 1. The molecule has 0 radical (unpaired) electrons. The second kappa shape index (κ2) is 6.25. The first-order valence-electron chi connectivity index (χ1n) is 6.50. The fourth-order valence-electron chi connectivity index (χ4n) is 2.40. The largest absolute Gasteiger partial charge is 0.506 e. The van der Waals surface area contributed by atoms with E-state index in [9.17, 15) is 10.4 Å². The van der Waals surface area contributed by atoms with Crippen molar-refractivity contribution in [2.24, 2.45) is 0 Å². The quantitative estimate of drug-likeness (QED) is 0.922. The number of hydrogen-bond donors (Lipinski definition) is 1. The van der Waals surface area contributed by atoms with Crippen LogP contribution in [0.15, 0.2) is 18.2 Å². The van der Waals surface area contributed by atoms with Crippen LogP contribution in [0.5, 0.6) is 5.75 Å². The van der Waals surface area contributed by atoms with Crippen molar-refractivity contribution in [1.82, 2.24) is 9.80 Å². The number of benzene rings is 1. The highest BCUT2D eigenvalue weighted by atomic mass is 35.5. The number of piperazine rings is 1. The van der Waals surface area contributed by atoms with Crippen molar-refractivity contribution in [3.05, 3.63) is 28.8 Å². The molecule has 0 bridgehead atoms. The van der Waals surface area contributed by atoms with E-state index in [1.807, 2.05) is 0 Å². The summed E-state index contributed by atoms with van der Waals surface area (Å²) in [5, 5.41) is 19.1. The average Bonchev–Trinajstić information content (AvgIpc) is 2.44. The lowest BCUT2D eigenvalue weighted by atomic mass is 10.1. The van der Waals surface area contributed by atoms with Crippen LogP contribution < -0.4 is 0 Å². The molecule has 1 N–H and O–H groups in total. The Morgan fingerprint density at radius 2 is 2.05 bits per heavy atom. The second-order valence-corrected chi connectivity index (χ2v) is 5.12. The number of likely N-dealkylation sites (N-methyl/N-ethyl adjacent to an activating group) is 1. The van der Waals surface area contributed by atoms with Crippen molar-refractivity contribution in [1.29, 1.82) is 5.26 Å². The summed E-state index contributed by atoms with van der Waals surface area (Å²) in [5.41, 5.74) is 0.843. The lowest BCUT2D eigenvalue weighted by molar-refractivity contribution is 0.118. The summed E-state index contributed by atoms with van der Waals surface area (Å²) in [6, 6.07) is 7.03. The molecule has 19 heavy (non-hydrogen) atoms. The Balaban J connectivity index is 2.12. The van der Waals surface area contributed by atoms with E-state index in [0.717, 1.165) is 38.3 Å². The predicted molar refractivity (Wildman–Crippen MR) is 75.2 cm³/mol. The molecule has 0 aliphatic carbocycles. The van der Waals surface area contributed by atoms with Crippen molar-refractivity contribution < 1.29 is 5.11 Å². The van der Waals surface area contributed by atoms with Crippen LogP contribution >= 0.6 is 11.6 Å². The molecule has 1 aliphatic heterocycles. The molecule has 1 aromatic rings. The van der Waals surface area contributed by atoms with Crippen molar-refractivity contribution in [2.45, 2.75) is 13.0 Å². The van der Waals surface area contributed by atoms with E-state index in [1.54, 1.807) is 18.2 Å². The number of phenolic OH excluding ortho intramolecular Hbond substituents is 1. The van der Waals surface area contributed by atoms with Gasteiger partial charge in [0.2, 0.25) is 0 Å². The van der Waals surface area contributed by atoms with E-state index >= 15 is 0 Å². The van der Waals surface area contributed by atoms with Crippen molar-refractivity contribution in [3.63, 3.8) is 0 Å². The standard InChI is InChI=1S/C14H18ClN3O/c1-2-17-5-7-18(8-6-17)13(10-16)11-3-4-14(19)12(15)9-11/h3-4,9,13,19H,2,5-8H2,1H3. The molecule has 0 saturated carbocycles. The monoisotopic (exact) mass is 279 g/mol. The number of nitrogens with zero attached hydrogens (tertiary/aromatic N) is 3. The molecular formula is C14H18ClN3O. The van der Waals surface area contributed by atoms with Gasteiger partial charge in [-0.15, -0.1) is 0 Å². The summed E-state index contributed by atoms with van der Waals surface area (Å²) in [7, 11) is 0. The predicted octanol–water partition coefficient (Wildman–Crippen LogP) is 2.25. The zero-order valence-corrected chi connectivity index (χ0v) is 11.8. The molecule has 1 aromatic carbocycles. The molecule has 0 spiro atoms. The smallest absolute Gasteiger partial charge is 0.134 e. The molecule has 1 aliphatic rings. The first kappa shape index (κ1) is 14.1. The van der Waals surface area contributed by atoms with Crippen LogP contribution in [0.1, 0.15) is 18.5 Å². The molecule has 0 aromatic heterocycles. The maximum absolute atomic E-state index is 9.44. The van der Waals surface area contributed by atoms with Gasteiger partial charge in [-0.2, -0.15) is 5.26 Å². The van der Waals surface area contributed by atoms with Gasteiger partial charge in [0.1, 0.15) is 11.8 Å². The maximum atomic E-state index is 9.44. The highest BCUT2D eigenvalue weighted by Gasteiger charge is 2.24. The van der Waals surface area contributed by atoms with Gasteiger partial charge in [0.15, 0.2) is 0 Å². The topological polar surface area (TPSA) is 50.5 Å². The van der Waals surface area contributed by atoms with Gasteiger partial charge in [0.05, 0.1) is 11.1 Å². The minimum Gasteiger partial charge on any atom is -0.506 e. The lowest BCUT2D eigenvalue weighted by Crippen LogP contribution is -2.47. The van der Waals surface area contributed by atoms with Crippen molar-refractivity contribution in [2.75, 3.05) is 32.7 Å². The van der Waals surface area contributed by atoms with Crippen LogP contribution in [-0.2, 0) is 0 Å². The minimum atomic E-state index is -0.294. The Morgan fingerprint density at radius 3 is 2.58 bits per heavy atom. The van der Waals surface area contributed by atoms with Crippen LogP contribution in [0.25, 0.3) is 0 Å². The molecule has 1 heterocycles. The highest BCUT2D eigenvalue weighted by Crippen LogP contribution is 2.29. The van der Waals surface area contributed by atoms with Gasteiger partial charge >= 0.3 is 0 Å². The van der Waals surface area contributed by atoms with E-state index in [4.69, 9.17) is 11.6 Å². The zero-order valence-electron chi connectivity index (χ0n) is 11.0. The summed E-state index contributed by atoms with van der Waals surface area (Å²) in [6.07, 6.45) is 0. The molecule has 2 rings (SSSR count). The van der Waals surface area contributed by atoms with Gasteiger partial charge in [0, 0.05) is 26.2 Å². The van der Waals surface area contributed by atoms with E-state index in [0.29, 0.717) is 5.02 Å². The Kier molecular flexibility index (Phi) is 4.65. The van der Waals surface area contributed by atoms with Gasteiger partial charge in [-0.25, -0.2) is 0 Å². The van der Waals surface area contributed by atoms with Crippen molar-refractivity contribution in [3.8, 4) is 11.8 Å². The third-order valence-electron chi connectivity index (χ3n) is 3.63. The third kappa shape index (κ3) is 3.19. The molecular weight excluding hydrogens is 262 g/mol. The number of hydrogen-bond acceptors (Lipinski definition) is 4. The van der Waals surface area contributed by atoms with Crippen LogP contribution in [0.3, 0.4) is 0 Å². The van der Waals surface area contributed by atoms with Crippen LogP contribution in [-0.4, -0.2) is 47.6 Å². The van der Waals surface area contributed by atoms with Gasteiger partial charge in [0.25, 0.3) is 0 Å². The minimum absolute atomic E-state index is 0.0536. The molecule has 1 unspecified atom stereocenters. The van der Waals surface area contributed by atoms with E-state index in [-0.39, 0.29) is 11.8 Å². The van der Waals surface area contributed by atoms with Gasteiger partial charge in [-0.05, 0) is 24.2 Å². The number of rotatable bonds is 3. The molecule has 5 heteroatoms. The Labute approximate surface area is 118 Å². The Bertz CT molecular complexity index is 478. The number of aromatic hydroxyl groups is 1. The van der Waals surface area contributed by atoms with E-state index in [1.165, 1.54) is 0 Å². The molecule has 0 amide bonds. The fraction of sp³-hybridized carbons (Fsp3) is 0.500. The van der Waals surface area contributed by atoms with Gasteiger partial charge in [-0.1, -0.05) is 24.6 Å². The van der Waals surface area contributed by atoms with Crippen LogP contribution in [0, 0.1) is 11.3 Å². The summed E-state index contributed by atoms with van der Waals surface area (Å²) in [6.45, 7) is 6.93. The molecule has 4 nitrogen and oxygen atoms in total. The van der Waals surface area contributed by atoms with Gasteiger partial charge in [-0.3, -0.25) is 4.90 Å². The second-order valence-electron chi connectivity index (χ2n) is 4.71. The lowest BCUT2D eigenvalue weighted by Gasteiger charge is -2.36. The maximum Gasteiger partial charge on any atom is 0.134 e. The average molecular weight is 280 g/mol.